The van der Waals surface area contributed by atoms with Crippen LogP contribution < -0.4 is 4.31 Å². The molecule has 0 aliphatic carbocycles. The van der Waals surface area contributed by atoms with Crippen LogP contribution in [0, 0.1) is 20.8 Å². The molecule has 0 spiro atoms. The molecule has 4 rings (SSSR count). The van der Waals surface area contributed by atoms with Gasteiger partial charge in [0.1, 0.15) is 6.54 Å². The van der Waals surface area contributed by atoms with E-state index in [1.807, 2.05) is 26.8 Å². The number of methoxy groups -OCH3 is 1. The number of carbonyl (C=O) groups is 2. The van der Waals surface area contributed by atoms with Gasteiger partial charge >= 0.3 is 5.97 Å². The van der Waals surface area contributed by atoms with E-state index in [2.05, 4.69) is 0 Å². The molecule has 0 unspecified atom stereocenters. The van der Waals surface area contributed by atoms with E-state index >= 15 is 0 Å². The Morgan fingerprint density at radius 2 is 1.60 bits per heavy atom. The molecule has 0 radical (unpaired) electrons. The van der Waals surface area contributed by atoms with E-state index in [4.69, 9.17) is 4.74 Å². The number of hydrogen-bond donors (Lipinski definition) is 0. The van der Waals surface area contributed by atoms with Crippen molar-refractivity contribution in [1.29, 1.82) is 0 Å². The van der Waals surface area contributed by atoms with Gasteiger partial charge < -0.3 is 4.74 Å². The quantitative estimate of drug-likeness (QED) is 0.359. The summed E-state index contributed by atoms with van der Waals surface area (Å²) in [7, 11) is -2.80. The van der Waals surface area contributed by atoms with E-state index in [1.54, 1.807) is 48.5 Å². The van der Waals surface area contributed by atoms with E-state index in [0.29, 0.717) is 16.6 Å². The van der Waals surface area contributed by atoms with E-state index in [0.717, 1.165) is 21.0 Å². The number of rotatable bonds is 6. The molecule has 0 atom stereocenters. The van der Waals surface area contributed by atoms with Gasteiger partial charge in [-0.1, -0.05) is 48.0 Å². The number of fused-ring (bicyclic) bond motifs is 1. The van der Waals surface area contributed by atoms with Crippen LogP contribution in [0.5, 0.6) is 0 Å². The van der Waals surface area contributed by atoms with Crippen molar-refractivity contribution in [1.82, 2.24) is 4.57 Å². The predicted molar refractivity (Wildman–Crippen MR) is 136 cm³/mol. The zero-order valence-corrected chi connectivity index (χ0v) is 20.8. The molecule has 0 aliphatic heterocycles. The molecule has 0 saturated heterocycles. The molecule has 0 aliphatic rings. The Labute approximate surface area is 204 Å². The smallest absolute Gasteiger partial charge is 0.340 e. The highest BCUT2D eigenvalue weighted by Crippen LogP contribution is 2.30. The van der Waals surface area contributed by atoms with Crippen molar-refractivity contribution < 1.29 is 22.7 Å². The zero-order chi connectivity index (χ0) is 25.3. The van der Waals surface area contributed by atoms with Gasteiger partial charge in [0, 0.05) is 11.6 Å². The average molecular weight is 491 g/mol. The van der Waals surface area contributed by atoms with E-state index in [-0.39, 0.29) is 10.5 Å². The first-order chi connectivity index (χ1) is 16.6. The third-order valence-corrected chi connectivity index (χ3v) is 7.89. The van der Waals surface area contributed by atoms with E-state index in [9.17, 15) is 18.0 Å². The Morgan fingerprint density at radius 3 is 2.29 bits per heavy atom. The average Bonchev–Trinajstić information content (AvgIpc) is 3.24. The molecule has 0 fully saturated rings. The first kappa shape index (κ1) is 24.2. The number of sulfonamides is 1. The summed E-state index contributed by atoms with van der Waals surface area (Å²) in [6.45, 7) is 5.13. The maximum atomic E-state index is 13.8. The molecule has 3 aromatic carbocycles. The molecule has 180 valence electrons. The Balaban J connectivity index is 1.84. The number of hydrogen-bond acceptors (Lipinski definition) is 5. The number of ether oxygens (including phenoxy) is 1. The number of esters is 1. The molecule has 8 heteroatoms. The Bertz CT molecular complexity index is 1540. The zero-order valence-electron chi connectivity index (χ0n) is 20.0. The normalized spacial score (nSPS) is 11.4. The Hall–Kier alpha value is -3.91. The van der Waals surface area contributed by atoms with Crippen molar-refractivity contribution in [2.75, 3.05) is 18.0 Å². The number of nitrogens with zero attached hydrogens (tertiary/aromatic N) is 2. The van der Waals surface area contributed by atoms with Crippen molar-refractivity contribution in [3.05, 3.63) is 95.2 Å². The van der Waals surface area contributed by atoms with Gasteiger partial charge in [0.2, 0.25) is 0 Å². The summed E-state index contributed by atoms with van der Waals surface area (Å²) in [5.74, 6) is -1.08. The molecule has 1 heterocycles. The van der Waals surface area contributed by atoms with Crippen LogP contribution in [0.2, 0.25) is 0 Å². The van der Waals surface area contributed by atoms with Gasteiger partial charge in [0.05, 0.1) is 28.8 Å². The summed E-state index contributed by atoms with van der Waals surface area (Å²) in [5.41, 5.74) is 3.72. The van der Waals surface area contributed by atoms with Gasteiger partial charge in [0.15, 0.2) is 0 Å². The summed E-state index contributed by atoms with van der Waals surface area (Å²) >= 11 is 0. The van der Waals surface area contributed by atoms with Gasteiger partial charge in [-0.25, -0.2) is 13.2 Å². The third-order valence-electron chi connectivity index (χ3n) is 6.12. The molecule has 0 N–H and O–H groups in total. The number of aromatic nitrogens is 1. The molecule has 35 heavy (non-hydrogen) atoms. The van der Waals surface area contributed by atoms with Crippen molar-refractivity contribution >= 4 is 38.5 Å². The highest BCUT2D eigenvalue weighted by atomic mass is 32.2. The monoisotopic (exact) mass is 490 g/mol. The maximum Gasteiger partial charge on any atom is 0.340 e. The standard InChI is InChI=1S/C27H26N2O5S/c1-18-12-14-21(15-13-18)35(32,33)29(24-11-7-8-19(2)20(24)3)17-26(30)28-16-23(27(31)34-4)22-9-5-6-10-25(22)28/h5-16H,17H2,1-4H3. The fourth-order valence-corrected chi connectivity index (χ4v) is 5.47. The summed E-state index contributed by atoms with van der Waals surface area (Å²) < 4.78 is 34.9. The molecule has 0 amide bonds. The van der Waals surface area contributed by atoms with Crippen LogP contribution in [0.25, 0.3) is 10.9 Å². The second kappa shape index (κ2) is 9.38. The lowest BCUT2D eigenvalue weighted by molar-refractivity contribution is 0.0603. The van der Waals surface area contributed by atoms with Gasteiger partial charge in [-0.15, -0.1) is 0 Å². The van der Waals surface area contributed by atoms with Crippen LogP contribution >= 0.6 is 0 Å². The van der Waals surface area contributed by atoms with Gasteiger partial charge in [0.25, 0.3) is 15.9 Å². The molecular formula is C27H26N2O5S. The largest absolute Gasteiger partial charge is 0.465 e. The number of aryl methyl sites for hydroxylation is 2. The summed E-state index contributed by atoms with van der Waals surface area (Å²) in [5, 5.41) is 0.548. The minimum atomic E-state index is -4.07. The lowest BCUT2D eigenvalue weighted by atomic mass is 10.1. The van der Waals surface area contributed by atoms with Crippen molar-refractivity contribution in [2.24, 2.45) is 0 Å². The molecule has 0 saturated carbocycles. The SMILES string of the molecule is COC(=O)c1cn(C(=O)CN(c2cccc(C)c2C)S(=O)(=O)c2ccc(C)cc2)c2ccccc12. The van der Waals surface area contributed by atoms with Gasteiger partial charge in [-0.05, 0) is 56.2 Å². The number of para-hydroxylation sites is 1. The topological polar surface area (TPSA) is 85.7 Å². The highest BCUT2D eigenvalue weighted by Gasteiger charge is 2.30. The first-order valence-electron chi connectivity index (χ1n) is 11.0. The van der Waals surface area contributed by atoms with Crippen LogP contribution in [0.15, 0.2) is 77.8 Å². The van der Waals surface area contributed by atoms with Crippen LogP contribution in [0.1, 0.15) is 31.8 Å². The van der Waals surface area contributed by atoms with Gasteiger partial charge in [-0.3, -0.25) is 13.7 Å². The molecule has 1 aromatic heterocycles. The summed E-state index contributed by atoms with van der Waals surface area (Å²) in [6, 6.07) is 18.8. The van der Waals surface area contributed by atoms with Crippen LogP contribution in [0.3, 0.4) is 0 Å². The lowest BCUT2D eigenvalue weighted by Crippen LogP contribution is -2.38. The third kappa shape index (κ3) is 4.44. The molecular weight excluding hydrogens is 464 g/mol. The van der Waals surface area contributed by atoms with Crippen molar-refractivity contribution in [3.8, 4) is 0 Å². The number of benzene rings is 3. The number of anilines is 1. The fraction of sp³-hybridized carbons (Fsp3) is 0.185. The fourth-order valence-electron chi connectivity index (χ4n) is 4.00. The van der Waals surface area contributed by atoms with Crippen molar-refractivity contribution in [3.63, 3.8) is 0 Å². The van der Waals surface area contributed by atoms with Crippen LogP contribution in [-0.2, 0) is 14.8 Å². The highest BCUT2D eigenvalue weighted by molar-refractivity contribution is 7.92. The predicted octanol–water partition coefficient (Wildman–Crippen LogP) is 4.89. The first-order valence-corrected chi connectivity index (χ1v) is 12.5. The lowest BCUT2D eigenvalue weighted by Gasteiger charge is -2.26. The molecule has 4 aromatic rings. The van der Waals surface area contributed by atoms with Crippen LogP contribution in [0.4, 0.5) is 5.69 Å². The molecule has 7 nitrogen and oxygen atoms in total. The summed E-state index contributed by atoms with van der Waals surface area (Å²) in [6.07, 6.45) is 1.40. The van der Waals surface area contributed by atoms with E-state index in [1.165, 1.54) is 30.0 Å². The van der Waals surface area contributed by atoms with Crippen molar-refractivity contribution in [2.45, 2.75) is 25.7 Å². The maximum absolute atomic E-state index is 13.8. The second-order valence-corrected chi connectivity index (χ2v) is 10.2. The Morgan fingerprint density at radius 1 is 0.914 bits per heavy atom. The minimum Gasteiger partial charge on any atom is -0.465 e. The number of carbonyl (C=O) groups excluding carboxylic acids is 2. The van der Waals surface area contributed by atoms with Crippen LogP contribution in [-0.4, -0.2) is 38.5 Å². The van der Waals surface area contributed by atoms with E-state index < -0.39 is 28.4 Å². The van der Waals surface area contributed by atoms with Gasteiger partial charge in [-0.2, -0.15) is 0 Å². The summed E-state index contributed by atoms with van der Waals surface area (Å²) in [4.78, 5) is 26.0. The molecule has 0 bridgehead atoms. The second-order valence-electron chi connectivity index (χ2n) is 8.36. The minimum absolute atomic E-state index is 0.0874. The Kier molecular flexibility index (Phi) is 6.49.